The van der Waals surface area contributed by atoms with Gasteiger partial charge in [0.2, 0.25) is 0 Å². The molecule has 0 unspecified atom stereocenters. The molecule has 2 heteroatoms. The Morgan fingerprint density at radius 2 is 1.94 bits per heavy atom. The average molecular weight is 230 g/mol. The molecule has 90 valence electrons. The molecule has 0 aromatic heterocycles. The summed E-state index contributed by atoms with van der Waals surface area (Å²) in [7, 11) is 0. The Hall–Kier alpha value is -1.41. The van der Waals surface area contributed by atoms with Gasteiger partial charge in [0.1, 0.15) is 0 Å². The molecule has 0 N–H and O–H groups in total. The zero-order valence-corrected chi connectivity index (χ0v) is 10.0. The van der Waals surface area contributed by atoms with Gasteiger partial charge in [-0.25, -0.2) is 0 Å². The summed E-state index contributed by atoms with van der Waals surface area (Å²) < 4.78 is 5.61. The highest BCUT2D eigenvalue weighted by molar-refractivity contribution is 5.91. The number of hydrogen-bond acceptors (Lipinski definition) is 2. The third kappa shape index (κ3) is 4.16. The van der Waals surface area contributed by atoms with Crippen molar-refractivity contribution in [3.05, 3.63) is 47.5 Å². The van der Waals surface area contributed by atoms with E-state index in [1.165, 1.54) is 11.1 Å². The van der Waals surface area contributed by atoms with Crippen LogP contribution >= 0.6 is 0 Å². The van der Waals surface area contributed by atoms with E-state index in [0.717, 1.165) is 19.3 Å². The van der Waals surface area contributed by atoms with Crippen LogP contribution in [0.4, 0.5) is 0 Å². The maximum atomic E-state index is 11.2. The largest absolute Gasteiger partial charge is 0.376 e. The van der Waals surface area contributed by atoms with Crippen LogP contribution in [-0.2, 0) is 16.1 Å². The van der Waals surface area contributed by atoms with Gasteiger partial charge in [0, 0.05) is 6.42 Å². The summed E-state index contributed by atoms with van der Waals surface area (Å²) in [5.41, 5.74) is 2.44. The molecule has 1 aromatic rings. The minimum absolute atomic E-state index is 0.273. The van der Waals surface area contributed by atoms with E-state index >= 15 is 0 Å². The van der Waals surface area contributed by atoms with Gasteiger partial charge in [0.15, 0.2) is 5.78 Å². The molecule has 1 aliphatic rings. The Morgan fingerprint density at radius 3 is 2.71 bits per heavy atom. The highest BCUT2D eigenvalue weighted by Crippen LogP contribution is 2.18. The summed E-state index contributed by atoms with van der Waals surface area (Å²) in [5.74, 6) is 0.273. The SMILES string of the molecule is O=C1C=C(CCOCc2ccccc2)CCC1. The predicted molar refractivity (Wildman–Crippen MR) is 67.7 cm³/mol. The summed E-state index contributed by atoms with van der Waals surface area (Å²) in [4.78, 5) is 11.2. The highest BCUT2D eigenvalue weighted by atomic mass is 16.5. The molecule has 0 amide bonds. The van der Waals surface area contributed by atoms with E-state index in [1.807, 2.05) is 18.2 Å². The number of allylic oxidation sites excluding steroid dienone is 1. The second-order valence-electron chi connectivity index (χ2n) is 4.41. The van der Waals surface area contributed by atoms with Crippen molar-refractivity contribution in [2.75, 3.05) is 6.61 Å². The quantitative estimate of drug-likeness (QED) is 0.726. The first-order valence-electron chi connectivity index (χ1n) is 6.18. The Morgan fingerprint density at radius 1 is 1.12 bits per heavy atom. The second-order valence-corrected chi connectivity index (χ2v) is 4.41. The third-order valence-corrected chi connectivity index (χ3v) is 2.97. The second kappa shape index (κ2) is 6.36. The molecule has 0 bridgehead atoms. The maximum Gasteiger partial charge on any atom is 0.155 e. The number of ether oxygens (including phenoxy) is 1. The molecule has 0 atom stereocenters. The first-order valence-corrected chi connectivity index (χ1v) is 6.18. The van der Waals surface area contributed by atoms with Gasteiger partial charge in [-0.15, -0.1) is 0 Å². The number of carbonyl (C=O) groups is 1. The number of carbonyl (C=O) groups excluding carboxylic acids is 1. The van der Waals surface area contributed by atoms with Gasteiger partial charge in [-0.3, -0.25) is 4.79 Å². The minimum atomic E-state index is 0.273. The lowest BCUT2D eigenvalue weighted by Crippen LogP contribution is -2.05. The topological polar surface area (TPSA) is 26.3 Å². The lowest BCUT2D eigenvalue weighted by atomic mass is 9.97. The van der Waals surface area contributed by atoms with Crippen molar-refractivity contribution in [2.24, 2.45) is 0 Å². The molecule has 1 aromatic carbocycles. The standard InChI is InChI=1S/C15H18O2/c16-15-8-4-7-13(11-15)9-10-17-12-14-5-2-1-3-6-14/h1-3,5-6,11H,4,7-10,12H2. The fraction of sp³-hybridized carbons (Fsp3) is 0.400. The van der Waals surface area contributed by atoms with Crippen molar-refractivity contribution < 1.29 is 9.53 Å². The molecule has 0 aliphatic heterocycles. The molecular weight excluding hydrogens is 212 g/mol. The van der Waals surface area contributed by atoms with Crippen LogP contribution in [0.25, 0.3) is 0 Å². The van der Waals surface area contributed by atoms with Crippen molar-refractivity contribution in [2.45, 2.75) is 32.3 Å². The fourth-order valence-corrected chi connectivity index (χ4v) is 2.03. The van der Waals surface area contributed by atoms with E-state index in [2.05, 4.69) is 12.1 Å². The maximum absolute atomic E-state index is 11.2. The van der Waals surface area contributed by atoms with Crippen LogP contribution in [-0.4, -0.2) is 12.4 Å². The molecule has 17 heavy (non-hydrogen) atoms. The lowest BCUT2D eigenvalue weighted by molar-refractivity contribution is -0.115. The van der Waals surface area contributed by atoms with Crippen molar-refractivity contribution in [3.8, 4) is 0 Å². The molecule has 0 fully saturated rings. The highest BCUT2D eigenvalue weighted by Gasteiger charge is 2.09. The first-order chi connectivity index (χ1) is 8.34. The van der Waals surface area contributed by atoms with Crippen LogP contribution in [0.1, 0.15) is 31.2 Å². The molecule has 0 radical (unpaired) electrons. The normalized spacial score (nSPS) is 15.8. The van der Waals surface area contributed by atoms with Gasteiger partial charge in [0.25, 0.3) is 0 Å². The fourth-order valence-electron chi connectivity index (χ4n) is 2.03. The number of hydrogen-bond donors (Lipinski definition) is 0. The summed E-state index contributed by atoms with van der Waals surface area (Å²) >= 11 is 0. The average Bonchev–Trinajstić information content (AvgIpc) is 2.36. The number of rotatable bonds is 5. The summed E-state index contributed by atoms with van der Waals surface area (Å²) in [6.07, 6.45) is 5.46. The summed E-state index contributed by atoms with van der Waals surface area (Å²) in [6.45, 7) is 1.36. The van der Waals surface area contributed by atoms with Gasteiger partial charge in [-0.1, -0.05) is 35.9 Å². The van der Waals surface area contributed by atoms with Crippen molar-refractivity contribution >= 4 is 5.78 Å². The van der Waals surface area contributed by atoms with Gasteiger partial charge >= 0.3 is 0 Å². The van der Waals surface area contributed by atoms with Gasteiger partial charge in [-0.2, -0.15) is 0 Å². The number of ketones is 1. The van der Waals surface area contributed by atoms with Crippen molar-refractivity contribution in [1.29, 1.82) is 0 Å². The van der Waals surface area contributed by atoms with Gasteiger partial charge < -0.3 is 4.74 Å². The molecule has 0 saturated carbocycles. The Balaban J connectivity index is 1.68. The van der Waals surface area contributed by atoms with Crippen LogP contribution < -0.4 is 0 Å². The van der Waals surface area contributed by atoms with Crippen LogP contribution in [0.2, 0.25) is 0 Å². The molecule has 0 spiro atoms. The Bertz CT molecular complexity index is 393. The monoisotopic (exact) mass is 230 g/mol. The van der Waals surface area contributed by atoms with Crippen molar-refractivity contribution in [1.82, 2.24) is 0 Å². The molecule has 0 saturated heterocycles. The zero-order chi connectivity index (χ0) is 11.9. The molecule has 0 heterocycles. The van der Waals surface area contributed by atoms with Crippen LogP contribution in [0.5, 0.6) is 0 Å². The summed E-state index contributed by atoms with van der Waals surface area (Å²) in [5, 5.41) is 0. The van der Waals surface area contributed by atoms with E-state index in [1.54, 1.807) is 6.08 Å². The third-order valence-electron chi connectivity index (χ3n) is 2.97. The zero-order valence-electron chi connectivity index (χ0n) is 10.0. The number of benzene rings is 1. The molecule has 2 nitrogen and oxygen atoms in total. The van der Waals surface area contributed by atoms with E-state index < -0.39 is 0 Å². The summed E-state index contributed by atoms with van der Waals surface area (Å²) in [6, 6.07) is 10.1. The van der Waals surface area contributed by atoms with E-state index in [9.17, 15) is 4.79 Å². The van der Waals surface area contributed by atoms with E-state index in [-0.39, 0.29) is 5.78 Å². The molecular formula is C15H18O2. The Labute approximate surface area is 102 Å². The minimum Gasteiger partial charge on any atom is -0.376 e. The van der Waals surface area contributed by atoms with Crippen LogP contribution in [0.15, 0.2) is 42.0 Å². The van der Waals surface area contributed by atoms with Gasteiger partial charge in [0.05, 0.1) is 13.2 Å². The van der Waals surface area contributed by atoms with Crippen LogP contribution in [0.3, 0.4) is 0 Å². The smallest absolute Gasteiger partial charge is 0.155 e. The van der Waals surface area contributed by atoms with Crippen molar-refractivity contribution in [3.63, 3.8) is 0 Å². The van der Waals surface area contributed by atoms with E-state index in [0.29, 0.717) is 19.6 Å². The van der Waals surface area contributed by atoms with Gasteiger partial charge in [-0.05, 0) is 30.9 Å². The molecule has 2 rings (SSSR count). The first kappa shape index (κ1) is 12.1. The predicted octanol–water partition coefficient (Wildman–Crippen LogP) is 3.27. The Kier molecular flexibility index (Phi) is 4.51. The molecule has 1 aliphatic carbocycles. The van der Waals surface area contributed by atoms with Crippen LogP contribution in [0, 0.1) is 0 Å². The lowest BCUT2D eigenvalue weighted by Gasteiger charge is -2.12. The van der Waals surface area contributed by atoms with E-state index in [4.69, 9.17) is 4.74 Å².